The lowest BCUT2D eigenvalue weighted by Crippen LogP contribution is -2.46. The van der Waals surface area contributed by atoms with Gasteiger partial charge in [0.05, 0.1) is 18.3 Å². The van der Waals surface area contributed by atoms with Crippen molar-refractivity contribution < 1.29 is 23.1 Å². The van der Waals surface area contributed by atoms with Crippen molar-refractivity contribution in [3.05, 3.63) is 30.6 Å². The number of imidazole rings is 1. The third-order valence-corrected chi connectivity index (χ3v) is 3.07. The lowest BCUT2D eigenvalue weighted by atomic mass is 9.97. The van der Waals surface area contributed by atoms with E-state index in [1.54, 1.807) is 7.05 Å². The Morgan fingerprint density at radius 3 is 2.55 bits per heavy atom. The van der Waals surface area contributed by atoms with Gasteiger partial charge in [0.15, 0.2) is 5.82 Å². The zero-order valence-corrected chi connectivity index (χ0v) is 11.8. The summed E-state index contributed by atoms with van der Waals surface area (Å²) in [6, 6.07) is 0. The molecule has 0 radical (unpaired) electrons. The summed E-state index contributed by atoms with van der Waals surface area (Å²) in [5.41, 5.74) is -3.14. The van der Waals surface area contributed by atoms with Crippen molar-refractivity contribution in [3.8, 4) is 0 Å². The second-order valence-electron chi connectivity index (χ2n) is 4.85. The van der Waals surface area contributed by atoms with Gasteiger partial charge in [-0.1, -0.05) is 0 Å². The maximum atomic E-state index is 13.3. The maximum absolute atomic E-state index is 13.3. The van der Waals surface area contributed by atoms with Crippen LogP contribution in [0, 0.1) is 0 Å². The summed E-state index contributed by atoms with van der Waals surface area (Å²) in [5.74, 6) is -1.66. The number of nitrogens with zero attached hydrogens (tertiary/aromatic N) is 4. The Morgan fingerprint density at radius 2 is 2.09 bits per heavy atom. The van der Waals surface area contributed by atoms with E-state index in [2.05, 4.69) is 15.4 Å². The van der Waals surface area contributed by atoms with E-state index in [-0.39, 0.29) is 5.69 Å². The molecule has 2 N–H and O–H groups in total. The quantitative estimate of drug-likeness (QED) is 0.878. The molecule has 0 spiro atoms. The fourth-order valence-corrected chi connectivity index (χ4v) is 1.99. The minimum Gasteiger partial charge on any atom is -0.374 e. The van der Waals surface area contributed by atoms with Crippen LogP contribution in [-0.2, 0) is 24.5 Å². The van der Waals surface area contributed by atoms with Gasteiger partial charge < -0.3 is 15.0 Å². The first kappa shape index (κ1) is 16.0. The Morgan fingerprint density at radius 1 is 1.41 bits per heavy atom. The molecule has 0 aliphatic carbocycles. The number of aromatic nitrogens is 4. The van der Waals surface area contributed by atoms with Crippen LogP contribution in [0.2, 0.25) is 0 Å². The highest BCUT2D eigenvalue weighted by Gasteiger charge is 2.58. The number of aliphatic hydroxyl groups is 1. The van der Waals surface area contributed by atoms with E-state index >= 15 is 0 Å². The number of carbonyl (C=O) groups is 1. The Kier molecular flexibility index (Phi) is 3.96. The number of nitrogens with one attached hydrogen (secondary N) is 1. The fourth-order valence-electron chi connectivity index (χ4n) is 1.99. The van der Waals surface area contributed by atoms with Gasteiger partial charge in [-0.3, -0.25) is 9.48 Å². The number of hydrogen-bond donors (Lipinski definition) is 2. The third-order valence-electron chi connectivity index (χ3n) is 3.07. The summed E-state index contributed by atoms with van der Waals surface area (Å²) in [7, 11) is 2.90. The van der Waals surface area contributed by atoms with Crippen molar-refractivity contribution in [3.63, 3.8) is 0 Å². The Balaban J connectivity index is 2.24. The van der Waals surface area contributed by atoms with Gasteiger partial charge >= 0.3 is 6.18 Å². The highest BCUT2D eigenvalue weighted by molar-refractivity contribution is 5.91. The molecule has 2 aromatic rings. The summed E-state index contributed by atoms with van der Waals surface area (Å²) < 4.78 is 42.2. The number of rotatable bonds is 4. The molecule has 10 heteroatoms. The molecule has 0 aromatic carbocycles. The number of amides is 1. The van der Waals surface area contributed by atoms with Crippen LogP contribution >= 0.6 is 0 Å². The first-order chi connectivity index (χ1) is 10.1. The lowest BCUT2D eigenvalue weighted by Gasteiger charge is -2.29. The van der Waals surface area contributed by atoms with Crippen molar-refractivity contribution in [1.29, 1.82) is 0 Å². The van der Waals surface area contributed by atoms with Crippen LogP contribution in [0.5, 0.6) is 0 Å². The topological polar surface area (TPSA) is 85.0 Å². The number of hydrogen-bond acceptors (Lipinski definition) is 4. The van der Waals surface area contributed by atoms with Crippen molar-refractivity contribution >= 4 is 11.6 Å². The lowest BCUT2D eigenvalue weighted by molar-refractivity contribution is -0.270. The molecule has 0 aliphatic heterocycles. The van der Waals surface area contributed by atoms with Gasteiger partial charge in [0.2, 0.25) is 11.5 Å². The fraction of sp³-hybridized carbons (Fsp3) is 0.417. The number of aryl methyl sites for hydroxylation is 2. The van der Waals surface area contributed by atoms with E-state index in [0.29, 0.717) is 0 Å². The van der Waals surface area contributed by atoms with Crippen LogP contribution in [0.15, 0.2) is 24.8 Å². The minimum atomic E-state index is -5.06. The molecule has 120 valence electrons. The van der Waals surface area contributed by atoms with Gasteiger partial charge in [-0.05, 0) is 0 Å². The minimum absolute atomic E-state index is 0.233. The summed E-state index contributed by atoms with van der Waals surface area (Å²) in [5, 5.41) is 16.1. The smallest absolute Gasteiger partial charge is 0.374 e. The summed E-state index contributed by atoms with van der Waals surface area (Å²) in [4.78, 5) is 15.4. The number of halogens is 3. The average molecular weight is 317 g/mol. The molecule has 2 aromatic heterocycles. The molecule has 0 aliphatic rings. The third kappa shape index (κ3) is 2.96. The molecule has 2 rings (SSSR count). The van der Waals surface area contributed by atoms with Crippen LogP contribution in [-0.4, -0.2) is 36.5 Å². The molecule has 0 saturated heterocycles. The van der Waals surface area contributed by atoms with Gasteiger partial charge in [-0.25, -0.2) is 4.98 Å². The van der Waals surface area contributed by atoms with Crippen LogP contribution in [0.25, 0.3) is 0 Å². The molecule has 22 heavy (non-hydrogen) atoms. The van der Waals surface area contributed by atoms with E-state index in [1.165, 1.54) is 30.3 Å². The zero-order chi connectivity index (χ0) is 16.5. The molecule has 0 saturated carbocycles. The second-order valence-corrected chi connectivity index (χ2v) is 4.85. The summed E-state index contributed by atoms with van der Waals surface area (Å²) >= 11 is 0. The molecule has 2 heterocycles. The number of alkyl halides is 3. The highest BCUT2D eigenvalue weighted by Crippen LogP contribution is 2.40. The molecular weight excluding hydrogens is 303 g/mol. The second kappa shape index (κ2) is 5.44. The van der Waals surface area contributed by atoms with Crippen molar-refractivity contribution in [2.75, 3.05) is 5.32 Å². The normalized spacial score (nSPS) is 14.6. The number of carbonyl (C=O) groups excluding carboxylic acids is 1. The van der Waals surface area contributed by atoms with Crippen molar-refractivity contribution in [2.24, 2.45) is 14.1 Å². The molecule has 1 amide bonds. The summed E-state index contributed by atoms with van der Waals surface area (Å²) in [6.45, 7) is 0. The van der Waals surface area contributed by atoms with Gasteiger partial charge in [0.1, 0.15) is 0 Å². The molecular formula is C12H14F3N5O2. The van der Waals surface area contributed by atoms with Gasteiger partial charge in [0.25, 0.3) is 0 Å². The van der Waals surface area contributed by atoms with E-state index in [0.717, 1.165) is 10.8 Å². The Bertz CT molecular complexity index is 678. The van der Waals surface area contributed by atoms with Crippen LogP contribution in [0.1, 0.15) is 12.2 Å². The molecule has 1 atom stereocenters. The summed E-state index contributed by atoms with van der Waals surface area (Å²) in [6.07, 6.45) is -1.19. The van der Waals surface area contributed by atoms with E-state index in [9.17, 15) is 23.1 Å². The van der Waals surface area contributed by atoms with Crippen molar-refractivity contribution in [2.45, 2.75) is 18.2 Å². The SMILES string of the molecule is Cn1cc(NC(=O)CC(O)(c2nccn2C)C(F)(F)F)cn1. The molecule has 7 nitrogen and oxygen atoms in total. The van der Waals surface area contributed by atoms with Crippen LogP contribution in [0.3, 0.4) is 0 Å². The average Bonchev–Trinajstić information content (AvgIpc) is 2.96. The van der Waals surface area contributed by atoms with Crippen LogP contribution < -0.4 is 5.32 Å². The van der Waals surface area contributed by atoms with Gasteiger partial charge in [0, 0.05) is 32.7 Å². The standard InChI is InChI=1S/C12H14F3N5O2/c1-19-4-3-16-10(19)11(22,12(13,14)15)5-9(21)18-8-6-17-20(2)7-8/h3-4,6-7,22H,5H2,1-2H3,(H,18,21). The Labute approximate surface area is 123 Å². The molecule has 0 fully saturated rings. The van der Waals surface area contributed by atoms with Gasteiger partial charge in [-0.2, -0.15) is 18.3 Å². The monoisotopic (exact) mass is 317 g/mol. The Hall–Kier alpha value is -2.36. The first-order valence-electron chi connectivity index (χ1n) is 6.19. The molecule has 0 bridgehead atoms. The largest absolute Gasteiger partial charge is 0.425 e. The first-order valence-corrected chi connectivity index (χ1v) is 6.19. The number of anilines is 1. The highest BCUT2D eigenvalue weighted by atomic mass is 19.4. The van der Waals surface area contributed by atoms with E-state index in [1.807, 2.05) is 0 Å². The van der Waals surface area contributed by atoms with E-state index in [4.69, 9.17) is 0 Å². The zero-order valence-electron chi connectivity index (χ0n) is 11.8. The predicted molar refractivity (Wildman–Crippen MR) is 69.6 cm³/mol. The van der Waals surface area contributed by atoms with Gasteiger partial charge in [-0.15, -0.1) is 0 Å². The predicted octanol–water partition coefficient (Wildman–Crippen LogP) is 0.932. The van der Waals surface area contributed by atoms with E-state index < -0.39 is 29.9 Å². The molecule has 1 unspecified atom stereocenters. The maximum Gasteiger partial charge on any atom is 0.425 e. The van der Waals surface area contributed by atoms with Crippen molar-refractivity contribution in [1.82, 2.24) is 19.3 Å². The van der Waals surface area contributed by atoms with Crippen LogP contribution in [0.4, 0.5) is 18.9 Å².